The maximum absolute atomic E-state index is 13.9. The van der Waals surface area contributed by atoms with Gasteiger partial charge in [-0.15, -0.1) is 0 Å². The molecule has 1 aromatic rings. The molecule has 29 heavy (non-hydrogen) atoms. The largest absolute Gasteiger partial charge is 0.462 e. The molecule has 0 saturated heterocycles. The molecule has 0 aromatic heterocycles. The van der Waals surface area contributed by atoms with E-state index in [1.54, 1.807) is 0 Å². The van der Waals surface area contributed by atoms with Crippen LogP contribution in [-0.2, 0) is 29.7 Å². The molecule has 1 unspecified atom stereocenters. The topological polar surface area (TPSA) is 69.7 Å². The Hall–Kier alpha value is -1.61. The second-order valence-corrected chi connectivity index (χ2v) is 10.0. The third-order valence-corrected chi connectivity index (χ3v) is 7.08. The highest BCUT2D eigenvalue weighted by Crippen LogP contribution is 2.45. The molecule has 0 spiro atoms. The Labute approximate surface area is 169 Å². The number of alkyl halides is 3. The zero-order valence-electron chi connectivity index (χ0n) is 16.4. The minimum atomic E-state index is -5.10. The highest BCUT2D eigenvalue weighted by molar-refractivity contribution is 7.95. The fraction of sp³-hybridized carbons (Fsp3) is 0.400. The van der Waals surface area contributed by atoms with Crippen molar-refractivity contribution in [2.75, 3.05) is 13.7 Å². The number of methoxy groups -OCH3 is 1. The van der Waals surface area contributed by atoms with E-state index < -0.39 is 44.5 Å². The third-order valence-electron chi connectivity index (χ3n) is 4.49. The molecule has 9 heteroatoms. The lowest BCUT2D eigenvalue weighted by Gasteiger charge is -2.33. The van der Waals surface area contributed by atoms with Gasteiger partial charge >= 0.3 is 12.1 Å². The summed E-state index contributed by atoms with van der Waals surface area (Å²) in [6, 6.07) is 6.40. The van der Waals surface area contributed by atoms with Gasteiger partial charge in [0.2, 0.25) is 0 Å². The second kappa shape index (κ2) is 8.26. The van der Waals surface area contributed by atoms with E-state index in [1.165, 1.54) is 58.2 Å². The first-order chi connectivity index (χ1) is 13.3. The Morgan fingerprint density at radius 1 is 1.03 bits per heavy atom. The summed E-state index contributed by atoms with van der Waals surface area (Å²) in [7, 11) is -3.01. The van der Waals surface area contributed by atoms with Crippen LogP contribution in [0.15, 0.2) is 30.3 Å². The normalized spacial score (nSPS) is 19.1. The van der Waals surface area contributed by atoms with Crippen LogP contribution in [0.2, 0.25) is 0 Å². The van der Waals surface area contributed by atoms with E-state index in [2.05, 4.69) is 4.74 Å². The molecule has 1 aromatic carbocycles. The van der Waals surface area contributed by atoms with Crippen molar-refractivity contribution in [2.45, 2.75) is 37.3 Å². The summed E-state index contributed by atoms with van der Waals surface area (Å²) >= 11 is 0. The minimum Gasteiger partial charge on any atom is -0.462 e. The average molecular weight is 431 g/mol. The molecule has 1 aliphatic rings. The third kappa shape index (κ3) is 4.30. The second-order valence-electron chi connectivity index (χ2n) is 7.36. The molecule has 1 saturated carbocycles. The van der Waals surface area contributed by atoms with Crippen molar-refractivity contribution in [1.82, 2.24) is 0 Å². The maximum Gasteiger partial charge on any atom is 0.432 e. The average Bonchev–Trinajstić information content (AvgIpc) is 3.09. The van der Waals surface area contributed by atoms with Crippen molar-refractivity contribution in [3.63, 3.8) is 0 Å². The molecule has 1 aliphatic carbocycles. The van der Waals surface area contributed by atoms with Crippen LogP contribution in [0, 0.1) is 30.4 Å². The summed E-state index contributed by atoms with van der Waals surface area (Å²) in [6.45, 7) is 3.85. The summed E-state index contributed by atoms with van der Waals surface area (Å²) in [5.74, 6) is -1.59. The molecule has 5 radical (unpaired) electrons. The van der Waals surface area contributed by atoms with Crippen LogP contribution in [0.4, 0.5) is 13.2 Å². The van der Waals surface area contributed by atoms with E-state index in [1.807, 2.05) is 0 Å². The molecular formula is C20H22F3O5S. The van der Waals surface area contributed by atoms with Gasteiger partial charge in [-0.05, 0) is 40.0 Å². The Bertz CT molecular complexity index is 815. The number of carbonyl (C=O) groups is 1. The van der Waals surface area contributed by atoms with Gasteiger partial charge in [-0.25, -0.2) is 13.2 Å². The fourth-order valence-electron chi connectivity index (χ4n) is 2.78. The number of hydrogen-bond acceptors (Lipinski definition) is 5. The number of ether oxygens (including phenoxy) is 2. The Balaban J connectivity index is 2.27. The van der Waals surface area contributed by atoms with Gasteiger partial charge in [-0.1, -0.05) is 30.3 Å². The summed E-state index contributed by atoms with van der Waals surface area (Å²) < 4.78 is 75.4. The SMILES string of the molecule is COC(C(=O)OC[C]1[CH][CH][CH][C]1S(=O)(=O)C(C)(C)C)(c1ccccc1)C(F)(F)F. The molecule has 0 bridgehead atoms. The van der Waals surface area contributed by atoms with Crippen molar-refractivity contribution in [3.05, 3.63) is 66.3 Å². The van der Waals surface area contributed by atoms with Crippen LogP contribution < -0.4 is 0 Å². The Morgan fingerprint density at radius 2 is 1.62 bits per heavy atom. The molecule has 0 amide bonds. The molecule has 1 atom stereocenters. The summed E-state index contributed by atoms with van der Waals surface area (Å²) in [6.07, 6.45) is -0.955. The van der Waals surface area contributed by atoms with Crippen LogP contribution in [0.25, 0.3) is 0 Å². The van der Waals surface area contributed by atoms with E-state index in [4.69, 9.17) is 4.74 Å². The van der Waals surface area contributed by atoms with Gasteiger partial charge in [0, 0.05) is 18.6 Å². The first-order valence-electron chi connectivity index (χ1n) is 8.63. The minimum absolute atomic E-state index is 0.0902. The zero-order valence-corrected chi connectivity index (χ0v) is 17.2. The first-order valence-corrected chi connectivity index (χ1v) is 10.1. The van der Waals surface area contributed by atoms with Gasteiger partial charge in [0.1, 0.15) is 5.25 Å². The van der Waals surface area contributed by atoms with Gasteiger partial charge in [-0.3, -0.25) is 0 Å². The summed E-state index contributed by atoms with van der Waals surface area (Å²) in [5.41, 5.74) is -3.77. The van der Waals surface area contributed by atoms with Gasteiger partial charge in [0.05, 0.1) is 11.4 Å². The smallest absolute Gasteiger partial charge is 0.432 e. The van der Waals surface area contributed by atoms with E-state index in [9.17, 15) is 26.4 Å². The zero-order chi connectivity index (χ0) is 22.1. The van der Waals surface area contributed by atoms with E-state index in [-0.39, 0.29) is 11.2 Å². The number of benzene rings is 1. The number of rotatable bonds is 6. The van der Waals surface area contributed by atoms with Crippen LogP contribution in [-0.4, -0.2) is 39.0 Å². The molecule has 0 heterocycles. The molecule has 1 fully saturated rings. The predicted molar refractivity (Wildman–Crippen MR) is 100 cm³/mol. The van der Waals surface area contributed by atoms with Crippen LogP contribution in [0.3, 0.4) is 0 Å². The van der Waals surface area contributed by atoms with Crippen molar-refractivity contribution >= 4 is 15.8 Å². The lowest BCUT2D eigenvalue weighted by molar-refractivity contribution is -0.276. The van der Waals surface area contributed by atoms with Gasteiger partial charge in [-0.2, -0.15) is 13.2 Å². The monoisotopic (exact) mass is 431 g/mol. The van der Waals surface area contributed by atoms with Crippen LogP contribution in [0.5, 0.6) is 0 Å². The lowest BCUT2D eigenvalue weighted by Crippen LogP contribution is -2.52. The van der Waals surface area contributed by atoms with Gasteiger partial charge in [0.25, 0.3) is 5.60 Å². The summed E-state index contributed by atoms with van der Waals surface area (Å²) in [4.78, 5) is 12.6. The Kier molecular flexibility index (Phi) is 6.74. The number of halogens is 3. The van der Waals surface area contributed by atoms with Crippen molar-refractivity contribution < 1.29 is 35.9 Å². The quantitative estimate of drug-likeness (QED) is 0.644. The van der Waals surface area contributed by atoms with Gasteiger partial charge in [0.15, 0.2) is 9.84 Å². The standard InChI is InChI=1S/C20H22F3O5S/c1-18(2,3)29(25,26)16-12-8-9-14(16)13-28-17(24)19(27-4,20(21,22)23)15-10-6-5-7-11-15/h5-12H,13H2,1-4H3. The predicted octanol–water partition coefficient (Wildman–Crippen LogP) is 3.58. The van der Waals surface area contributed by atoms with Gasteiger partial charge < -0.3 is 9.47 Å². The van der Waals surface area contributed by atoms with E-state index in [0.29, 0.717) is 0 Å². The van der Waals surface area contributed by atoms with Crippen LogP contribution in [0.1, 0.15) is 26.3 Å². The Morgan fingerprint density at radius 3 is 2.10 bits per heavy atom. The fourth-order valence-corrected chi connectivity index (χ4v) is 4.17. The first kappa shape index (κ1) is 23.7. The lowest BCUT2D eigenvalue weighted by atomic mass is 9.92. The molecule has 5 nitrogen and oxygen atoms in total. The number of sulfone groups is 1. The molecular weight excluding hydrogens is 409 g/mol. The maximum atomic E-state index is 13.9. The van der Waals surface area contributed by atoms with Crippen molar-refractivity contribution in [2.24, 2.45) is 0 Å². The highest BCUT2D eigenvalue weighted by Gasteiger charge is 2.64. The van der Waals surface area contributed by atoms with Crippen LogP contribution >= 0.6 is 0 Å². The van der Waals surface area contributed by atoms with Crippen molar-refractivity contribution in [1.29, 1.82) is 0 Å². The van der Waals surface area contributed by atoms with E-state index in [0.717, 1.165) is 19.2 Å². The highest BCUT2D eigenvalue weighted by atomic mass is 32.2. The summed E-state index contributed by atoms with van der Waals surface area (Å²) in [5, 5.41) is -0.0902. The number of hydrogen-bond donors (Lipinski definition) is 0. The molecule has 0 aliphatic heterocycles. The van der Waals surface area contributed by atoms with E-state index >= 15 is 0 Å². The van der Waals surface area contributed by atoms with Crippen molar-refractivity contribution in [3.8, 4) is 0 Å². The number of esters is 1. The molecule has 2 rings (SSSR count). The molecule has 159 valence electrons. The number of carbonyl (C=O) groups excluding carboxylic acids is 1. The molecule has 0 N–H and O–H groups in total.